The van der Waals surface area contributed by atoms with E-state index < -0.39 is 5.97 Å². The minimum atomic E-state index is -1.08. The summed E-state index contributed by atoms with van der Waals surface area (Å²) in [6, 6.07) is 0.0792. The van der Waals surface area contributed by atoms with Gasteiger partial charge in [0.05, 0.1) is 12.2 Å². The van der Waals surface area contributed by atoms with Crippen molar-refractivity contribution in [2.24, 2.45) is 0 Å². The molecule has 3 aromatic rings. The van der Waals surface area contributed by atoms with E-state index in [1.54, 1.807) is 27.8 Å². The second kappa shape index (κ2) is 4.23. The van der Waals surface area contributed by atoms with Gasteiger partial charge in [-0.15, -0.1) is 15.3 Å². The molecule has 0 amide bonds. The van der Waals surface area contributed by atoms with E-state index in [1.165, 1.54) is 6.20 Å². The Balaban J connectivity index is 1.54. The molecule has 0 aromatic carbocycles. The molecule has 0 atom stereocenters. The molecule has 0 unspecified atom stereocenters. The van der Waals surface area contributed by atoms with Crippen LogP contribution in [0.1, 0.15) is 16.5 Å². The molecule has 1 fully saturated rings. The summed E-state index contributed by atoms with van der Waals surface area (Å²) < 4.78 is 3.37. The molecule has 1 aliphatic rings. The fraction of sp³-hybridized carbons (Fsp3) is 0.273. The van der Waals surface area contributed by atoms with Crippen LogP contribution in [-0.2, 0) is 0 Å². The maximum atomic E-state index is 10.8. The highest BCUT2D eigenvalue weighted by Gasteiger charge is 2.32. The Kier molecular flexibility index (Phi) is 2.37. The van der Waals surface area contributed by atoms with Crippen molar-refractivity contribution >= 4 is 17.4 Å². The number of carboxylic acids is 1. The van der Waals surface area contributed by atoms with Gasteiger partial charge in [0, 0.05) is 25.5 Å². The van der Waals surface area contributed by atoms with Gasteiger partial charge in [0.2, 0.25) is 5.65 Å². The van der Waals surface area contributed by atoms with Crippen LogP contribution in [0.25, 0.3) is 5.65 Å². The Hall–Kier alpha value is -3.04. The van der Waals surface area contributed by atoms with Crippen molar-refractivity contribution in [2.75, 3.05) is 18.0 Å². The van der Waals surface area contributed by atoms with Crippen molar-refractivity contribution in [2.45, 2.75) is 6.04 Å². The molecule has 4 heterocycles. The minimum Gasteiger partial charge on any atom is -0.476 e. The van der Waals surface area contributed by atoms with Crippen LogP contribution < -0.4 is 4.90 Å². The van der Waals surface area contributed by atoms with Crippen LogP contribution >= 0.6 is 0 Å². The molecule has 1 aliphatic heterocycles. The number of carboxylic acid groups (broad SMARTS) is 1. The van der Waals surface area contributed by atoms with Gasteiger partial charge in [0.15, 0.2) is 11.5 Å². The molecule has 1 N–H and O–H groups in total. The van der Waals surface area contributed by atoms with E-state index in [0.717, 1.165) is 5.82 Å². The van der Waals surface area contributed by atoms with Crippen molar-refractivity contribution < 1.29 is 9.90 Å². The summed E-state index contributed by atoms with van der Waals surface area (Å²) >= 11 is 0. The number of hydrogen-bond donors (Lipinski definition) is 1. The third-order valence-corrected chi connectivity index (χ3v) is 3.46. The first-order chi connectivity index (χ1) is 10.2. The average Bonchev–Trinajstić information content (AvgIpc) is 3.05. The van der Waals surface area contributed by atoms with Gasteiger partial charge in [-0.1, -0.05) is 5.21 Å². The van der Waals surface area contributed by atoms with Crippen LogP contribution in [0, 0.1) is 0 Å². The van der Waals surface area contributed by atoms with Crippen molar-refractivity contribution in [3.05, 3.63) is 30.6 Å². The predicted molar refractivity (Wildman–Crippen MR) is 69.0 cm³/mol. The summed E-state index contributed by atoms with van der Waals surface area (Å²) in [5, 5.41) is 24.2. The Morgan fingerprint density at radius 1 is 1.33 bits per heavy atom. The molecule has 0 spiro atoms. The van der Waals surface area contributed by atoms with Crippen LogP contribution in [-0.4, -0.2) is 58.7 Å². The number of aromatic nitrogens is 7. The predicted octanol–water partition coefficient (Wildman–Crippen LogP) is -0.525. The van der Waals surface area contributed by atoms with Crippen LogP contribution in [0.4, 0.5) is 5.82 Å². The lowest BCUT2D eigenvalue weighted by atomic mass is 10.1. The summed E-state index contributed by atoms with van der Waals surface area (Å²) in [6.45, 7) is 1.34. The molecule has 4 rings (SSSR count). The van der Waals surface area contributed by atoms with Crippen LogP contribution in [0.15, 0.2) is 24.9 Å². The number of anilines is 1. The topological polar surface area (TPSA) is 114 Å². The van der Waals surface area contributed by atoms with E-state index >= 15 is 0 Å². The smallest absolute Gasteiger partial charge is 0.358 e. The second-order valence-corrected chi connectivity index (χ2v) is 4.76. The third kappa shape index (κ3) is 1.80. The molecular weight excluding hydrogens is 276 g/mol. The number of hydrogen-bond acceptors (Lipinski definition) is 7. The molecule has 10 nitrogen and oxygen atoms in total. The summed E-state index contributed by atoms with van der Waals surface area (Å²) in [4.78, 5) is 17.2. The van der Waals surface area contributed by atoms with E-state index in [0.29, 0.717) is 18.7 Å². The lowest BCUT2D eigenvalue weighted by molar-refractivity contribution is 0.0690. The van der Waals surface area contributed by atoms with Gasteiger partial charge in [0.1, 0.15) is 6.33 Å². The van der Waals surface area contributed by atoms with Crippen LogP contribution in [0.3, 0.4) is 0 Å². The fourth-order valence-electron chi connectivity index (χ4n) is 2.32. The molecule has 3 aromatic heterocycles. The van der Waals surface area contributed by atoms with Gasteiger partial charge in [-0.3, -0.25) is 4.40 Å². The molecule has 0 radical (unpaired) electrons. The van der Waals surface area contributed by atoms with Crippen LogP contribution in [0.5, 0.6) is 0 Å². The first kappa shape index (κ1) is 11.8. The normalized spacial score (nSPS) is 15.3. The SMILES string of the molecule is O=C(O)c1cn(C2CN(c3nccn4cnnc34)C2)nn1. The van der Waals surface area contributed by atoms with E-state index in [4.69, 9.17) is 5.11 Å². The summed E-state index contributed by atoms with van der Waals surface area (Å²) in [7, 11) is 0. The largest absolute Gasteiger partial charge is 0.476 e. The maximum absolute atomic E-state index is 10.8. The van der Waals surface area contributed by atoms with Gasteiger partial charge >= 0.3 is 5.97 Å². The van der Waals surface area contributed by atoms with E-state index in [9.17, 15) is 4.79 Å². The highest BCUT2D eigenvalue weighted by molar-refractivity contribution is 5.84. The zero-order valence-corrected chi connectivity index (χ0v) is 10.7. The molecule has 0 bridgehead atoms. The number of nitrogens with zero attached hydrogens (tertiary/aromatic N) is 8. The fourth-order valence-corrected chi connectivity index (χ4v) is 2.32. The molecule has 0 aliphatic carbocycles. The quantitative estimate of drug-likeness (QED) is 0.683. The lowest BCUT2D eigenvalue weighted by Crippen LogP contribution is -2.48. The van der Waals surface area contributed by atoms with Gasteiger partial charge in [-0.25, -0.2) is 14.5 Å². The average molecular weight is 286 g/mol. The zero-order chi connectivity index (χ0) is 14.4. The molecular formula is C11H10N8O2. The second-order valence-electron chi connectivity index (χ2n) is 4.76. The number of fused-ring (bicyclic) bond motifs is 1. The Morgan fingerprint density at radius 2 is 2.19 bits per heavy atom. The Labute approximate surface area is 117 Å². The zero-order valence-electron chi connectivity index (χ0n) is 10.7. The van der Waals surface area contributed by atoms with E-state index in [-0.39, 0.29) is 11.7 Å². The molecule has 106 valence electrons. The highest BCUT2D eigenvalue weighted by Crippen LogP contribution is 2.27. The van der Waals surface area contributed by atoms with E-state index in [1.807, 2.05) is 4.90 Å². The summed E-state index contributed by atoms with van der Waals surface area (Å²) in [5.74, 6) is -0.322. The lowest BCUT2D eigenvalue weighted by Gasteiger charge is -2.39. The first-order valence-corrected chi connectivity index (χ1v) is 6.27. The van der Waals surface area contributed by atoms with Crippen molar-refractivity contribution in [1.29, 1.82) is 0 Å². The van der Waals surface area contributed by atoms with Gasteiger partial charge in [-0.2, -0.15) is 0 Å². The highest BCUT2D eigenvalue weighted by atomic mass is 16.4. The van der Waals surface area contributed by atoms with Gasteiger partial charge in [-0.05, 0) is 0 Å². The number of rotatable bonds is 3. The summed E-state index contributed by atoms with van der Waals surface area (Å²) in [6.07, 6.45) is 6.54. The van der Waals surface area contributed by atoms with Crippen molar-refractivity contribution in [3.8, 4) is 0 Å². The monoisotopic (exact) mass is 286 g/mol. The molecule has 10 heteroatoms. The van der Waals surface area contributed by atoms with E-state index in [2.05, 4.69) is 25.5 Å². The Bertz CT molecular complexity index is 818. The first-order valence-electron chi connectivity index (χ1n) is 6.27. The number of aromatic carboxylic acids is 1. The molecule has 21 heavy (non-hydrogen) atoms. The van der Waals surface area contributed by atoms with Crippen molar-refractivity contribution in [3.63, 3.8) is 0 Å². The van der Waals surface area contributed by atoms with Gasteiger partial charge < -0.3 is 10.0 Å². The standard InChI is InChI=1S/C11H10N8O2/c20-11(21)8-5-19(16-14-8)7-3-18(4-7)9-10-15-13-6-17(10)2-1-12-9/h1-2,5-7H,3-4H2,(H,20,21). The maximum Gasteiger partial charge on any atom is 0.358 e. The molecule has 1 saturated heterocycles. The minimum absolute atomic E-state index is 0.0499. The van der Waals surface area contributed by atoms with Crippen LogP contribution in [0.2, 0.25) is 0 Å². The Morgan fingerprint density at radius 3 is 2.95 bits per heavy atom. The molecule has 0 saturated carbocycles. The third-order valence-electron chi connectivity index (χ3n) is 3.46. The van der Waals surface area contributed by atoms with Gasteiger partial charge in [0.25, 0.3) is 0 Å². The van der Waals surface area contributed by atoms with Crippen molar-refractivity contribution in [1.82, 2.24) is 34.6 Å². The summed E-state index contributed by atoms with van der Waals surface area (Å²) in [5.41, 5.74) is 0.645. The number of carbonyl (C=O) groups is 1.